The molecule has 1 heterocycles. The van der Waals surface area contributed by atoms with Crippen LogP contribution >= 0.6 is 0 Å². The highest BCUT2D eigenvalue weighted by Gasteiger charge is 2.32. The molecule has 0 radical (unpaired) electrons. The van der Waals surface area contributed by atoms with Crippen molar-refractivity contribution in [2.45, 2.75) is 44.8 Å². The smallest absolute Gasteiger partial charge is 0.118 e. The molecule has 0 aromatic heterocycles. The summed E-state index contributed by atoms with van der Waals surface area (Å²) >= 11 is 0. The Bertz CT molecular complexity index is 386. The van der Waals surface area contributed by atoms with Crippen molar-refractivity contribution in [3.63, 3.8) is 0 Å². The number of ether oxygens (including phenoxy) is 1. The lowest BCUT2D eigenvalue weighted by molar-refractivity contribution is 0.0585. The number of hydrogen-bond donors (Lipinski definition) is 1. The van der Waals surface area contributed by atoms with Gasteiger partial charge in [-0.15, -0.1) is 0 Å². The molecule has 1 atom stereocenters. The highest BCUT2D eigenvalue weighted by Crippen LogP contribution is 2.28. The highest BCUT2D eigenvalue weighted by molar-refractivity contribution is 5.27. The van der Waals surface area contributed by atoms with E-state index in [1.54, 1.807) is 7.11 Å². The zero-order valence-electron chi connectivity index (χ0n) is 11.6. The minimum atomic E-state index is 0.246. The van der Waals surface area contributed by atoms with E-state index < -0.39 is 0 Å². The molecule has 1 saturated heterocycles. The van der Waals surface area contributed by atoms with Gasteiger partial charge in [-0.2, -0.15) is 0 Å². The molecule has 1 fully saturated rings. The quantitative estimate of drug-likeness (QED) is 0.892. The SMILES string of the molecule is COc1ccc(CN2CC(N)CCC2(C)C)cc1. The van der Waals surface area contributed by atoms with Crippen molar-refractivity contribution in [3.8, 4) is 5.75 Å². The van der Waals surface area contributed by atoms with Crippen molar-refractivity contribution in [1.82, 2.24) is 4.90 Å². The average molecular weight is 248 g/mol. The molecule has 2 rings (SSSR count). The molecule has 3 nitrogen and oxygen atoms in total. The standard InChI is InChI=1S/C15H24N2O/c1-15(2)9-8-13(16)11-17(15)10-12-4-6-14(18-3)7-5-12/h4-7,13H,8-11,16H2,1-3H3. The second kappa shape index (κ2) is 5.29. The summed E-state index contributed by atoms with van der Waals surface area (Å²) in [6, 6.07) is 8.62. The lowest BCUT2D eigenvalue weighted by atomic mass is 9.88. The molecule has 1 aromatic carbocycles. The van der Waals surface area contributed by atoms with Crippen molar-refractivity contribution < 1.29 is 4.74 Å². The molecule has 1 aromatic rings. The maximum absolute atomic E-state index is 6.08. The molecular formula is C15H24N2O. The zero-order valence-corrected chi connectivity index (χ0v) is 11.6. The fourth-order valence-corrected chi connectivity index (χ4v) is 2.55. The van der Waals surface area contributed by atoms with E-state index in [1.807, 2.05) is 12.1 Å². The van der Waals surface area contributed by atoms with Crippen molar-refractivity contribution in [3.05, 3.63) is 29.8 Å². The summed E-state index contributed by atoms with van der Waals surface area (Å²) in [5, 5.41) is 0. The number of hydrogen-bond acceptors (Lipinski definition) is 3. The summed E-state index contributed by atoms with van der Waals surface area (Å²) in [6.45, 7) is 6.56. The summed E-state index contributed by atoms with van der Waals surface area (Å²) in [4.78, 5) is 2.49. The topological polar surface area (TPSA) is 38.5 Å². The Kier molecular flexibility index (Phi) is 3.93. The number of likely N-dealkylation sites (tertiary alicyclic amines) is 1. The fourth-order valence-electron chi connectivity index (χ4n) is 2.55. The number of methoxy groups -OCH3 is 1. The Morgan fingerprint density at radius 1 is 1.33 bits per heavy atom. The van der Waals surface area contributed by atoms with Gasteiger partial charge in [0.2, 0.25) is 0 Å². The predicted molar refractivity (Wildman–Crippen MR) is 74.7 cm³/mol. The molecule has 0 spiro atoms. The first kappa shape index (κ1) is 13.4. The van der Waals surface area contributed by atoms with Crippen molar-refractivity contribution in [2.75, 3.05) is 13.7 Å². The Morgan fingerprint density at radius 2 is 2.00 bits per heavy atom. The third-order valence-corrected chi connectivity index (χ3v) is 3.97. The van der Waals surface area contributed by atoms with Gasteiger partial charge in [0, 0.05) is 24.7 Å². The van der Waals surface area contributed by atoms with Crippen LogP contribution in [0.4, 0.5) is 0 Å². The van der Waals surface area contributed by atoms with Gasteiger partial charge in [-0.05, 0) is 44.4 Å². The molecule has 0 aliphatic carbocycles. The van der Waals surface area contributed by atoms with E-state index in [1.165, 1.54) is 12.0 Å². The maximum Gasteiger partial charge on any atom is 0.118 e. The Morgan fingerprint density at radius 3 is 2.61 bits per heavy atom. The second-order valence-electron chi connectivity index (χ2n) is 5.84. The van der Waals surface area contributed by atoms with Crippen LogP contribution in [0.3, 0.4) is 0 Å². The van der Waals surface area contributed by atoms with Crippen LogP contribution < -0.4 is 10.5 Å². The molecule has 1 aliphatic rings. The molecule has 100 valence electrons. The molecule has 1 aliphatic heterocycles. The largest absolute Gasteiger partial charge is 0.497 e. The van der Waals surface area contributed by atoms with Gasteiger partial charge in [0.25, 0.3) is 0 Å². The summed E-state index contributed by atoms with van der Waals surface area (Å²) in [5.41, 5.74) is 7.65. The molecule has 18 heavy (non-hydrogen) atoms. The Balaban J connectivity index is 2.06. The summed E-state index contributed by atoms with van der Waals surface area (Å²) in [6.07, 6.45) is 2.30. The van der Waals surface area contributed by atoms with Crippen molar-refractivity contribution in [2.24, 2.45) is 5.73 Å². The van der Waals surface area contributed by atoms with Gasteiger partial charge < -0.3 is 10.5 Å². The zero-order chi connectivity index (χ0) is 13.2. The monoisotopic (exact) mass is 248 g/mol. The van der Waals surface area contributed by atoms with Crippen LogP contribution in [0.25, 0.3) is 0 Å². The van der Waals surface area contributed by atoms with Crippen molar-refractivity contribution >= 4 is 0 Å². The number of rotatable bonds is 3. The first-order valence-electron chi connectivity index (χ1n) is 6.65. The molecule has 0 saturated carbocycles. The van der Waals surface area contributed by atoms with E-state index in [0.717, 1.165) is 25.3 Å². The number of benzene rings is 1. The molecule has 3 heteroatoms. The summed E-state index contributed by atoms with van der Waals surface area (Å²) in [7, 11) is 1.70. The van der Waals surface area contributed by atoms with Crippen LogP contribution in [0, 0.1) is 0 Å². The maximum atomic E-state index is 6.08. The van der Waals surface area contributed by atoms with E-state index in [4.69, 9.17) is 10.5 Å². The van der Waals surface area contributed by atoms with Gasteiger partial charge in [0.15, 0.2) is 0 Å². The van der Waals surface area contributed by atoms with Crippen LogP contribution in [0.15, 0.2) is 24.3 Å². The van der Waals surface area contributed by atoms with Crippen LogP contribution in [-0.4, -0.2) is 30.1 Å². The third-order valence-electron chi connectivity index (χ3n) is 3.97. The van der Waals surface area contributed by atoms with Crippen LogP contribution in [-0.2, 0) is 6.54 Å². The number of piperidine rings is 1. The lowest BCUT2D eigenvalue weighted by Gasteiger charge is -2.44. The normalized spacial score (nSPS) is 23.9. The third kappa shape index (κ3) is 3.03. The van der Waals surface area contributed by atoms with Gasteiger partial charge in [-0.1, -0.05) is 12.1 Å². The first-order chi connectivity index (χ1) is 8.51. The van der Waals surface area contributed by atoms with E-state index in [-0.39, 0.29) is 5.54 Å². The van der Waals surface area contributed by atoms with E-state index in [2.05, 4.69) is 30.9 Å². The molecule has 1 unspecified atom stereocenters. The number of nitrogens with two attached hydrogens (primary N) is 1. The number of nitrogens with zero attached hydrogens (tertiary/aromatic N) is 1. The van der Waals surface area contributed by atoms with Gasteiger partial charge in [0.1, 0.15) is 5.75 Å². The fraction of sp³-hybridized carbons (Fsp3) is 0.600. The van der Waals surface area contributed by atoms with Gasteiger partial charge >= 0.3 is 0 Å². The minimum Gasteiger partial charge on any atom is -0.497 e. The first-order valence-corrected chi connectivity index (χ1v) is 6.65. The van der Waals surface area contributed by atoms with Gasteiger partial charge in [0.05, 0.1) is 7.11 Å². The molecule has 0 bridgehead atoms. The Hall–Kier alpha value is -1.06. The van der Waals surface area contributed by atoms with Crippen LogP contribution in [0.5, 0.6) is 5.75 Å². The van der Waals surface area contributed by atoms with Crippen LogP contribution in [0.1, 0.15) is 32.3 Å². The Labute approximate surface area is 110 Å². The minimum absolute atomic E-state index is 0.246. The van der Waals surface area contributed by atoms with Crippen LogP contribution in [0.2, 0.25) is 0 Å². The van der Waals surface area contributed by atoms with Crippen molar-refractivity contribution in [1.29, 1.82) is 0 Å². The summed E-state index contributed by atoms with van der Waals surface area (Å²) in [5.74, 6) is 0.911. The highest BCUT2D eigenvalue weighted by atomic mass is 16.5. The van der Waals surface area contributed by atoms with E-state index in [0.29, 0.717) is 6.04 Å². The molecular weight excluding hydrogens is 224 g/mol. The van der Waals surface area contributed by atoms with Gasteiger partial charge in [-0.25, -0.2) is 0 Å². The lowest BCUT2D eigenvalue weighted by Crippen LogP contribution is -2.53. The van der Waals surface area contributed by atoms with Gasteiger partial charge in [-0.3, -0.25) is 4.90 Å². The predicted octanol–water partition coefficient (Wildman–Crippen LogP) is 2.40. The summed E-state index contributed by atoms with van der Waals surface area (Å²) < 4.78 is 5.18. The average Bonchev–Trinajstić information content (AvgIpc) is 2.35. The van der Waals surface area contributed by atoms with E-state index >= 15 is 0 Å². The van der Waals surface area contributed by atoms with E-state index in [9.17, 15) is 0 Å². The molecule has 0 amide bonds. The second-order valence-corrected chi connectivity index (χ2v) is 5.84. The molecule has 2 N–H and O–H groups in total.